The van der Waals surface area contributed by atoms with E-state index in [-0.39, 0.29) is 28.1 Å². The Labute approximate surface area is 228 Å². The molecule has 0 aromatic carbocycles. The molecule has 38 heavy (non-hydrogen) atoms. The fourth-order valence-electron chi connectivity index (χ4n) is 3.69. The first kappa shape index (κ1) is 31.6. The number of aryl methyl sites for hydroxylation is 1. The third kappa shape index (κ3) is 9.90. The van der Waals surface area contributed by atoms with Crippen LogP contribution in [0, 0.1) is 12.3 Å². The predicted molar refractivity (Wildman–Crippen MR) is 148 cm³/mol. The molecule has 2 amide bonds. The lowest BCUT2D eigenvalue weighted by molar-refractivity contribution is -0.120. The highest BCUT2D eigenvalue weighted by Crippen LogP contribution is 2.37. The van der Waals surface area contributed by atoms with Crippen molar-refractivity contribution in [1.29, 1.82) is 0 Å². The number of anilines is 1. The van der Waals surface area contributed by atoms with Crippen molar-refractivity contribution in [2.75, 3.05) is 25.0 Å². The van der Waals surface area contributed by atoms with Gasteiger partial charge in [0.15, 0.2) is 5.01 Å². The summed E-state index contributed by atoms with van der Waals surface area (Å²) in [7, 11) is 0. The number of likely N-dealkylation sites (tertiary alicyclic amines) is 1. The van der Waals surface area contributed by atoms with Crippen LogP contribution in [0.5, 0.6) is 0 Å². The number of nitrogens with zero attached hydrogens (tertiary/aromatic N) is 3. The zero-order valence-electron chi connectivity index (χ0n) is 23.4. The number of aliphatic hydroxyl groups is 1. The lowest BCUT2D eigenvalue weighted by atomic mass is 9.97. The highest BCUT2D eigenvalue weighted by Gasteiger charge is 2.23. The van der Waals surface area contributed by atoms with E-state index in [1.165, 1.54) is 31.5 Å². The fraction of sp³-hybridized carbons (Fsp3) is 0.630. The van der Waals surface area contributed by atoms with Gasteiger partial charge in [-0.15, -0.1) is 11.3 Å². The number of carbonyl (C=O) groups excluding carboxylic acids is 2. The Bertz CT molecular complexity index is 1080. The Morgan fingerprint density at radius 1 is 1.26 bits per heavy atom. The monoisotopic (exact) mass is 553 g/mol. The lowest BCUT2D eigenvalue weighted by Gasteiger charge is -2.29. The van der Waals surface area contributed by atoms with E-state index >= 15 is 0 Å². The SMILES string of the molecule is CC1CCCCN1C=O.Cc1nc(C(=O)NCC(C)(C)O)sc1-c1cnc(NCC(C)(C)C)cc1C(F)F. The molecule has 3 N–H and O–H groups in total. The molecule has 11 heteroatoms. The van der Waals surface area contributed by atoms with Crippen molar-refractivity contribution in [3.8, 4) is 10.4 Å². The molecule has 0 aliphatic carbocycles. The van der Waals surface area contributed by atoms with Crippen LogP contribution in [-0.4, -0.2) is 63.6 Å². The van der Waals surface area contributed by atoms with Gasteiger partial charge in [-0.05, 0) is 58.4 Å². The van der Waals surface area contributed by atoms with Gasteiger partial charge in [0.05, 0.1) is 16.2 Å². The minimum atomic E-state index is -2.70. The molecule has 3 rings (SSSR count). The van der Waals surface area contributed by atoms with Crippen molar-refractivity contribution in [2.45, 2.75) is 85.8 Å². The quantitative estimate of drug-likeness (QED) is 0.377. The second kappa shape index (κ2) is 13.4. The number of alkyl halides is 2. The van der Waals surface area contributed by atoms with E-state index in [9.17, 15) is 23.5 Å². The molecular weight excluding hydrogens is 512 g/mol. The number of hydrogen-bond donors (Lipinski definition) is 3. The lowest BCUT2D eigenvalue weighted by Crippen LogP contribution is -2.38. The van der Waals surface area contributed by atoms with Crippen molar-refractivity contribution in [1.82, 2.24) is 20.2 Å². The molecule has 2 aromatic heterocycles. The number of aromatic nitrogens is 2. The number of hydrogen-bond acceptors (Lipinski definition) is 7. The Hall–Kier alpha value is -2.66. The minimum Gasteiger partial charge on any atom is -0.389 e. The van der Waals surface area contributed by atoms with E-state index in [1.807, 2.05) is 25.7 Å². The molecule has 1 aliphatic rings. The number of amides is 2. The molecule has 1 fully saturated rings. The Morgan fingerprint density at radius 3 is 2.47 bits per heavy atom. The number of carbonyl (C=O) groups is 2. The van der Waals surface area contributed by atoms with Crippen LogP contribution in [0.2, 0.25) is 0 Å². The number of piperidine rings is 1. The number of pyridine rings is 1. The van der Waals surface area contributed by atoms with E-state index in [4.69, 9.17) is 0 Å². The molecule has 0 spiro atoms. The first-order valence-corrected chi connectivity index (χ1v) is 13.6. The van der Waals surface area contributed by atoms with Crippen LogP contribution in [0.4, 0.5) is 14.6 Å². The topological polar surface area (TPSA) is 107 Å². The Kier molecular flexibility index (Phi) is 11.1. The molecular formula is C27H41F2N5O3S. The number of halogens is 2. The second-order valence-electron chi connectivity index (χ2n) is 11.5. The van der Waals surface area contributed by atoms with E-state index in [0.717, 1.165) is 24.3 Å². The highest BCUT2D eigenvalue weighted by atomic mass is 32.1. The van der Waals surface area contributed by atoms with Gasteiger partial charge in [-0.25, -0.2) is 18.7 Å². The van der Waals surface area contributed by atoms with Gasteiger partial charge in [-0.2, -0.15) is 0 Å². The first-order valence-electron chi connectivity index (χ1n) is 12.8. The molecule has 0 saturated carbocycles. The smallest absolute Gasteiger partial charge is 0.280 e. The summed E-state index contributed by atoms with van der Waals surface area (Å²) in [6, 6.07) is 1.83. The molecule has 2 aromatic rings. The molecule has 212 valence electrons. The maximum absolute atomic E-state index is 13.7. The van der Waals surface area contributed by atoms with Crippen LogP contribution in [-0.2, 0) is 4.79 Å². The van der Waals surface area contributed by atoms with Crippen molar-refractivity contribution in [3.05, 3.63) is 28.5 Å². The zero-order valence-corrected chi connectivity index (χ0v) is 24.2. The van der Waals surface area contributed by atoms with E-state index < -0.39 is 17.9 Å². The third-order valence-electron chi connectivity index (χ3n) is 5.88. The summed E-state index contributed by atoms with van der Waals surface area (Å²) in [4.78, 5) is 33.4. The van der Waals surface area contributed by atoms with Gasteiger partial charge >= 0.3 is 0 Å². The first-order chi connectivity index (χ1) is 17.6. The molecule has 1 saturated heterocycles. The Balaban J connectivity index is 0.000000474. The van der Waals surface area contributed by atoms with Gasteiger partial charge < -0.3 is 20.6 Å². The summed E-state index contributed by atoms with van der Waals surface area (Å²) in [5.41, 5.74) is -0.509. The predicted octanol–water partition coefficient (Wildman–Crippen LogP) is 5.43. The summed E-state index contributed by atoms with van der Waals surface area (Å²) < 4.78 is 27.5. The molecule has 3 heterocycles. The summed E-state index contributed by atoms with van der Waals surface area (Å²) in [6.07, 6.45) is 3.31. The van der Waals surface area contributed by atoms with Crippen LogP contribution < -0.4 is 10.6 Å². The molecule has 0 bridgehead atoms. The Morgan fingerprint density at radius 2 is 1.95 bits per heavy atom. The van der Waals surface area contributed by atoms with Crippen LogP contribution in [0.15, 0.2) is 12.3 Å². The summed E-state index contributed by atoms with van der Waals surface area (Å²) in [6.45, 7) is 14.6. The molecule has 1 unspecified atom stereocenters. The average Bonchev–Trinajstić information content (AvgIpc) is 3.22. The van der Waals surface area contributed by atoms with E-state index in [0.29, 0.717) is 29.0 Å². The van der Waals surface area contributed by atoms with Gasteiger partial charge in [-0.3, -0.25) is 9.59 Å². The normalized spacial score (nSPS) is 16.1. The van der Waals surface area contributed by atoms with Crippen molar-refractivity contribution in [2.24, 2.45) is 5.41 Å². The van der Waals surface area contributed by atoms with Crippen molar-refractivity contribution >= 4 is 29.5 Å². The van der Waals surface area contributed by atoms with E-state index in [2.05, 4.69) is 27.5 Å². The summed E-state index contributed by atoms with van der Waals surface area (Å²) in [5, 5.41) is 15.6. The van der Waals surface area contributed by atoms with Crippen LogP contribution in [0.1, 0.15) is 88.3 Å². The van der Waals surface area contributed by atoms with Crippen molar-refractivity contribution < 1.29 is 23.5 Å². The largest absolute Gasteiger partial charge is 0.389 e. The van der Waals surface area contributed by atoms with Crippen LogP contribution in [0.3, 0.4) is 0 Å². The number of nitrogens with one attached hydrogen (secondary N) is 2. The second-order valence-corrected chi connectivity index (χ2v) is 12.5. The maximum Gasteiger partial charge on any atom is 0.280 e. The zero-order chi connectivity index (χ0) is 28.7. The molecule has 1 aliphatic heterocycles. The number of rotatable bonds is 8. The van der Waals surface area contributed by atoms with Gasteiger partial charge in [0.2, 0.25) is 6.41 Å². The maximum atomic E-state index is 13.7. The van der Waals surface area contributed by atoms with Gasteiger partial charge in [0.1, 0.15) is 5.82 Å². The van der Waals surface area contributed by atoms with Gasteiger partial charge in [-0.1, -0.05) is 20.8 Å². The molecule has 0 radical (unpaired) electrons. The molecule has 8 nitrogen and oxygen atoms in total. The van der Waals surface area contributed by atoms with Gasteiger partial charge in [0.25, 0.3) is 12.3 Å². The van der Waals surface area contributed by atoms with Gasteiger partial charge in [0, 0.05) is 43.0 Å². The minimum absolute atomic E-state index is 0.0228. The average molecular weight is 554 g/mol. The van der Waals surface area contributed by atoms with Crippen molar-refractivity contribution in [3.63, 3.8) is 0 Å². The third-order valence-corrected chi connectivity index (χ3v) is 7.07. The van der Waals surface area contributed by atoms with Crippen LogP contribution in [0.25, 0.3) is 10.4 Å². The fourth-order valence-corrected chi connectivity index (χ4v) is 4.70. The highest BCUT2D eigenvalue weighted by molar-refractivity contribution is 7.17. The van der Waals surface area contributed by atoms with E-state index in [1.54, 1.807) is 20.8 Å². The van der Waals surface area contributed by atoms with Crippen LogP contribution >= 0.6 is 11.3 Å². The summed E-state index contributed by atoms with van der Waals surface area (Å²) >= 11 is 1.03. The number of thiazole rings is 1. The standard InChI is InChI=1S/C20H28F2N4O2S.C7H13NO/c1-11-15(29-18(26-11)17(27)25-10-20(5,6)28)13-8-23-14(7-12(13)16(21)22)24-9-19(2,3)4;1-7-4-2-3-5-8(7)6-9/h7-8,16,28H,9-10H2,1-6H3,(H,23,24)(H,25,27);6-7H,2-5H2,1H3. The molecule has 1 atom stereocenters. The summed E-state index contributed by atoms with van der Waals surface area (Å²) in [5.74, 6) is -0.0780.